The average Bonchev–Trinajstić information content (AvgIpc) is 2.69. The summed E-state index contributed by atoms with van der Waals surface area (Å²) in [5, 5.41) is 8.83. The van der Waals surface area contributed by atoms with Crippen molar-refractivity contribution in [1.29, 1.82) is 0 Å². The van der Waals surface area contributed by atoms with Gasteiger partial charge in [-0.25, -0.2) is 0 Å². The van der Waals surface area contributed by atoms with Crippen molar-refractivity contribution >= 4 is 10.9 Å². The highest BCUT2D eigenvalue weighted by Gasteiger charge is 2.20. The van der Waals surface area contributed by atoms with Gasteiger partial charge in [-0.05, 0) is 41.8 Å². The Balaban J connectivity index is 1.60. The number of ether oxygens (including phenoxy) is 2. The summed E-state index contributed by atoms with van der Waals surface area (Å²) in [4.78, 5) is 14.8. The molecule has 2 heterocycles. The second kappa shape index (κ2) is 6.76. The maximum atomic E-state index is 12.6. The molecule has 0 saturated carbocycles. The number of hydrogen-bond donors (Lipinski definition) is 0. The molecule has 0 fully saturated rings. The molecule has 0 bridgehead atoms. The molecule has 1 aromatic heterocycles. The van der Waals surface area contributed by atoms with Gasteiger partial charge < -0.3 is 9.47 Å². The summed E-state index contributed by atoms with van der Waals surface area (Å²) >= 11 is 0. The minimum absolute atomic E-state index is 0.117. The first-order chi connectivity index (χ1) is 12.7. The predicted molar refractivity (Wildman–Crippen MR) is 97.5 cm³/mol. The molecule has 2 aromatic carbocycles. The van der Waals surface area contributed by atoms with Gasteiger partial charge in [0.15, 0.2) is 11.5 Å². The molecule has 4 rings (SSSR count). The standard InChI is InChI=1S/C19H20N4O3/c1-25-17-9-13-7-8-22(11-14(13)10-18(17)26-2)12-23-19(24)15-5-3-4-6-16(15)20-21-23/h3-6,9-10H,7-8,11-12H2,1-2H3. The molecular weight excluding hydrogens is 332 g/mol. The lowest BCUT2D eigenvalue weighted by Crippen LogP contribution is -2.37. The second-order valence-corrected chi connectivity index (χ2v) is 6.33. The summed E-state index contributed by atoms with van der Waals surface area (Å²) in [7, 11) is 3.28. The number of nitrogens with zero attached hydrogens (tertiary/aromatic N) is 4. The second-order valence-electron chi connectivity index (χ2n) is 6.33. The summed E-state index contributed by atoms with van der Waals surface area (Å²) in [5.74, 6) is 1.46. The Morgan fingerprint density at radius 2 is 1.81 bits per heavy atom. The maximum Gasteiger partial charge on any atom is 0.278 e. The number of methoxy groups -OCH3 is 2. The molecule has 0 unspecified atom stereocenters. The molecule has 0 aliphatic carbocycles. The third kappa shape index (κ3) is 2.90. The van der Waals surface area contributed by atoms with Crippen molar-refractivity contribution in [3.05, 3.63) is 57.9 Å². The van der Waals surface area contributed by atoms with Crippen LogP contribution in [0.3, 0.4) is 0 Å². The van der Waals surface area contributed by atoms with Crippen LogP contribution in [0.25, 0.3) is 10.9 Å². The first-order valence-corrected chi connectivity index (χ1v) is 8.48. The number of fused-ring (bicyclic) bond motifs is 2. The lowest BCUT2D eigenvalue weighted by atomic mass is 9.99. The minimum atomic E-state index is -0.117. The van der Waals surface area contributed by atoms with E-state index in [4.69, 9.17) is 9.47 Å². The van der Waals surface area contributed by atoms with Crippen molar-refractivity contribution < 1.29 is 9.47 Å². The lowest BCUT2D eigenvalue weighted by molar-refractivity contribution is 0.182. The molecule has 7 nitrogen and oxygen atoms in total. The smallest absolute Gasteiger partial charge is 0.278 e. The van der Waals surface area contributed by atoms with Crippen LogP contribution in [0, 0.1) is 0 Å². The molecule has 26 heavy (non-hydrogen) atoms. The quantitative estimate of drug-likeness (QED) is 0.713. The molecule has 0 saturated heterocycles. The van der Waals surface area contributed by atoms with Crippen LogP contribution in [0.1, 0.15) is 11.1 Å². The van der Waals surface area contributed by atoms with Crippen molar-refractivity contribution in [2.45, 2.75) is 19.6 Å². The molecule has 3 aromatic rings. The SMILES string of the molecule is COc1cc2c(cc1OC)CN(Cn1nnc3ccccc3c1=O)CC2. The van der Waals surface area contributed by atoms with Gasteiger partial charge in [0.1, 0.15) is 5.52 Å². The monoisotopic (exact) mass is 352 g/mol. The van der Waals surface area contributed by atoms with Crippen LogP contribution in [0.5, 0.6) is 11.5 Å². The summed E-state index contributed by atoms with van der Waals surface area (Å²) in [6.45, 7) is 1.96. The van der Waals surface area contributed by atoms with Crippen LogP contribution < -0.4 is 15.0 Å². The molecule has 0 spiro atoms. The van der Waals surface area contributed by atoms with E-state index >= 15 is 0 Å². The Hall–Kier alpha value is -2.93. The van der Waals surface area contributed by atoms with Crippen molar-refractivity contribution in [2.24, 2.45) is 0 Å². The van der Waals surface area contributed by atoms with Gasteiger partial charge in [0.2, 0.25) is 0 Å². The van der Waals surface area contributed by atoms with E-state index in [0.717, 1.165) is 31.0 Å². The fourth-order valence-corrected chi connectivity index (χ4v) is 3.37. The van der Waals surface area contributed by atoms with E-state index in [-0.39, 0.29) is 5.56 Å². The maximum absolute atomic E-state index is 12.6. The number of benzene rings is 2. The van der Waals surface area contributed by atoms with Gasteiger partial charge in [0.25, 0.3) is 5.56 Å². The number of rotatable bonds is 4. The molecule has 0 amide bonds. The largest absolute Gasteiger partial charge is 0.493 e. The van der Waals surface area contributed by atoms with Crippen molar-refractivity contribution in [3.63, 3.8) is 0 Å². The fraction of sp³-hybridized carbons (Fsp3) is 0.316. The summed E-state index contributed by atoms with van der Waals surface area (Å²) in [5.41, 5.74) is 2.93. The van der Waals surface area contributed by atoms with Crippen LogP contribution in [-0.2, 0) is 19.6 Å². The van der Waals surface area contributed by atoms with Gasteiger partial charge >= 0.3 is 0 Å². The predicted octanol–water partition coefficient (Wildman–Crippen LogP) is 1.82. The van der Waals surface area contributed by atoms with Gasteiger partial charge in [-0.3, -0.25) is 9.69 Å². The Morgan fingerprint density at radius 1 is 1.08 bits per heavy atom. The average molecular weight is 352 g/mol. The van der Waals surface area contributed by atoms with E-state index in [0.29, 0.717) is 17.6 Å². The molecule has 0 N–H and O–H groups in total. The van der Waals surface area contributed by atoms with Crippen molar-refractivity contribution in [1.82, 2.24) is 19.9 Å². The van der Waals surface area contributed by atoms with Gasteiger partial charge in [-0.2, -0.15) is 4.68 Å². The summed E-state index contributed by atoms with van der Waals surface area (Å²) in [6.07, 6.45) is 0.880. The topological polar surface area (TPSA) is 69.5 Å². The Bertz CT molecular complexity index is 1020. The van der Waals surface area contributed by atoms with E-state index in [1.165, 1.54) is 15.8 Å². The zero-order valence-corrected chi connectivity index (χ0v) is 14.8. The van der Waals surface area contributed by atoms with Crippen LogP contribution >= 0.6 is 0 Å². The molecule has 0 radical (unpaired) electrons. The molecular formula is C19H20N4O3. The van der Waals surface area contributed by atoms with Gasteiger partial charge in [-0.15, -0.1) is 5.10 Å². The molecule has 7 heteroatoms. The van der Waals surface area contributed by atoms with Crippen molar-refractivity contribution in [2.75, 3.05) is 20.8 Å². The van der Waals surface area contributed by atoms with E-state index in [1.807, 2.05) is 24.3 Å². The highest BCUT2D eigenvalue weighted by atomic mass is 16.5. The van der Waals surface area contributed by atoms with Gasteiger partial charge in [0, 0.05) is 13.1 Å². The normalized spacial score (nSPS) is 14.2. The zero-order valence-electron chi connectivity index (χ0n) is 14.8. The third-order valence-corrected chi connectivity index (χ3v) is 4.76. The Labute approximate surface area is 150 Å². The minimum Gasteiger partial charge on any atom is -0.493 e. The summed E-state index contributed by atoms with van der Waals surface area (Å²) < 4.78 is 12.2. The highest BCUT2D eigenvalue weighted by Crippen LogP contribution is 2.33. The molecule has 134 valence electrons. The summed E-state index contributed by atoms with van der Waals surface area (Å²) in [6, 6.07) is 11.3. The Morgan fingerprint density at radius 3 is 2.58 bits per heavy atom. The first-order valence-electron chi connectivity index (χ1n) is 8.48. The highest BCUT2D eigenvalue weighted by molar-refractivity contribution is 5.76. The number of aromatic nitrogens is 3. The fourth-order valence-electron chi connectivity index (χ4n) is 3.37. The first kappa shape index (κ1) is 16.5. The van der Waals surface area contributed by atoms with Crippen LogP contribution in [0.15, 0.2) is 41.2 Å². The molecule has 1 aliphatic rings. The van der Waals surface area contributed by atoms with E-state index in [2.05, 4.69) is 15.2 Å². The number of hydrogen-bond acceptors (Lipinski definition) is 6. The van der Waals surface area contributed by atoms with E-state index < -0.39 is 0 Å². The van der Waals surface area contributed by atoms with E-state index in [9.17, 15) is 4.79 Å². The van der Waals surface area contributed by atoms with Crippen molar-refractivity contribution in [3.8, 4) is 11.5 Å². The molecule has 0 atom stereocenters. The van der Waals surface area contributed by atoms with Gasteiger partial charge in [-0.1, -0.05) is 17.3 Å². The van der Waals surface area contributed by atoms with Crippen LogP contribution in [0.2, 0.25) is 0 Å². The third-order valence-electron chi connectivity index (χ3n) is 4.76. The van der Waals surface area contributed by atoms with Crippen LogP contribution in [0.4, 0.5) is 0 Å². The molecule has 1 aliphatic heterocycles. The van der Waals surface area contributed by atoms with Crippen LogP contribution in [-0.4, -0.2) is 40.7 Å². The Kier molecular flexibility index (Phi) is 4.30. The lowest BCUT2D eigenvalue weighted by Gasteiger charge is -2.29. The zero-order chi connectivity index (χ0) is 18.1. The van der Waals surface area contributed by atoms with Gasteiger partial charge in [0.05, 0.1) is 26.3 Å². The van der Waals surface area contributed by atoms with E-state index in [1.54, 1.807) is 26.4 Å².